The number of hydroxylamine groups is 2. The summed E-state index contributed by atoms with van der Waals surface area (Å²) in [6, 6.07) is 13.3. The Morgan fingerprint density at radius 3 is 2.27 bits per heavy atom. The minimum absolute atomic E-state index is 0.224. The predicted octanol–water partition coefficient (Wildman–Crippen LogP) is 3.17. The second-order valence-electron chi connectivity index (χ2n) is 6.10. The Morgan fingerprint density at radius 1 is 1.04 bits per heavy atom. The van der Waals surface area contributed by atoms with Crippen LogP contribution in [0.3, 0.4) is 0 Å². The molecule has 1 fully saturated rings. The normalized spacial score (nSPS) is 21.8. The van der Waals surface area contributed by atoms with Crippen molar-refractivity contribution in [3.63, 3.8) is 0 Å². The lowest BCUT2D eigenvalue weighted by molar-refractivity contribution is -0.175. The lowest BCUT2D eigenvalue weighted by Crippen LogP contribution is -2.35. The molecule has 2 atom stereocenters. The summed E-state index contributed by atoms with van der Waals surface area (Å²) in [4.78, 5) is 42.4. The van der Waals surface area contributed by atoms with Crippen LogP contribution in [-0.2, 0) is 14.4 Å². The summed E-state index contributed by atoms with van der Waals surface area (Å²) in [6.07, 6.45) is -0.0649. The van der Waals surface area contributed by atoms with E-state index in [0.29, 0.717) is 23.1 Å². The lowest BCUT2D eigenvalue weighted by atomic mass is 9.95. The Hall–Kier alpha value is -2.70. The third-order valence-electron chi connectivity index (χ3n) is 4.53. The molecule has 2 aliphatic heterocycles. The van der Waals surface area contributed by atoms with Gasteiger partial charge in [0, 0.05) is 11.6 Å². The number of rotatable bonds is 3. The van der Waals surface area contributed by atoms with Crippen LogP contribution in [0.25, 0.3) is 0 Å². The van der Waals surface area contributed by atoms with Crippen molar-refractivity contribution in [2.24, 2.45) is 5.92 Å². The number of carbonyl (C=O) groups excluding carboxylic acids is 3. The highest BCUT2D eigenvalue weighted by molar-refractivity contribution is 6.30. The predicted molar refractivity (Wildman–Crippen MR) is 91.3 cm³/mol. The van der Waals surface area contributed by atoms with E-state index in [2.05, 4.69) is 0 Å². The van der Waals surface area contributed by atoms with Gasteiger partial charge in [-0.05, 0) is 36.2 Å². The Kier molecular flexibility index (Phi) is 4.22. The smallest absolute Gasteiger partial charge is 0.339 e. The average Bonchev–Trinajstić information content (AvgIpc) is 3.23. The van der Waals surface area contributed by atoms with E-state index in [1.54, 1.807) is 36.4 Å². The minimum atomic E-state index is -0.669. The first-order chi connectivity index (χ1) is 12.6. The van der Waals surface area contributed by atoms with Crippen LogP contribution in [0, 0.1) is 5.92 Å². The van der Waals surface area contributed by atoms with Gasteiger partial charge in [0.2, 0.25) is 0 Å². The molecule has 0 N–H and O–H groups in total. The van der Waals surface area contributed by atoms with E-state index in [1.165, 1.54) is 12.1 Å². The molecule has 26 heavy (non-hydrogen) atoms. The van der Waals surface area contributed by atoms with Crippen molar-refractivity contribution in [3.8, 4) is 0 Å². The molecule has 2 amide bonds. The quantitative estimate of drug-likeness (QED) is 0.775. The van der Waals surface area contributed by atoms with Crippen LogP contribution in [0.5, 0.6) is 0 Å². The van der Waals surface area contributed by atoms with E-state index in [-0.39, 0.29) is 11.1 Å². The summed E-state index contributed by atoms with van der Waals surface area (Å²) in [5.74, 6) is -2.56. The van der Waals surface area contributed by atoms with Gasteiger partial charge in [0.25, 0.3) is 11.8 Å². The summed E-state index contributed by atoms with van der Waals surface area (Å²) < 4.78 is 5.66. The first-order valence-corrected chi connectivity index (χ1v) is 8.51. The molecule has 2 aromatic carbocycles. The van der Waals surface area contributed by atoms with Crippen molar-refractivity contribution >= 4 is 29.4 Å². The molecule has 0 aromatic heterocycles. The zero-order valence-corrected chi connectivity index (χ0v) is 14.3. The number of hydrogen-bond acceptors (Lipinski definition) is 5. The molecule has 1 saturated heterocycles. The zero-order chi connectivity index (χ0) is 18.3. The molecule has 132 valence electrons. The van der Waals surface area contributed by atoms with Gasteiger partial charge in [-0.2, -0.15) is 0 Å². The van der Waals surface area contributed by atoms with E-state index < -0.39 is 29.8 Å². The monoisotopic (exact) mass is 371 g/mol. The minimum Gasteiger partial charge on any atom is -0.373 e. The molecule has 0 unspecified atom stereocenters. The molecule has 6 nitrogen and oxygen atoms in total. The van der Waals surface area contributed by atoms with Gasteiger partial charge in [-0.15, -0.1) is 0 Å². The summed E-state index contributed by atoms with van der Waals surface area (Å²) in [5.41, 5.74) is 1.24. The van der Waals surface area contributed by atoms with E-state index >= 15 is 0 Å². The third-order valence-corrected chi connectivity index (χ3v) is 4.78. The van der Waals surface area contributed by atoms with E-state index in [9.17, 15) is 14.4 Å². The van der Waals surface area contributed by atoms with Gasteiger partial charge in [-0.25, -0.2) is 4.79 Å². The van der Waals surface area contributed by atoms with Crippen molar-refractivity contribution < 1.29 is 24.0 Å². The van der Waals surface area contributed by atoms with Gasteiger partial charge in [-0.3, -0.25) is 9.59 Å². The Balaban J connectivity index is 1.52. The van der Waals surface area contributed by atoms with Gasteiger partial charge in [-0.1, -0.05) is 40.9 Å². The van der Waals surface area contributed by atoms with Crippen molar-refractivity contribution in [1.29, 1.82) is 0 Å². The molecule has 4 rings (SSSR count). The van der Waals surface area contributed by atoms with Crippen LogP contribution in [0.2, 0.25) is 5.02 Å². The molecule has 0 saturated carbocycles. The average molecular weight is 372 g/mol. The summed E-state index contributed by atoms with van der Waals surface area (Å²) in [7, 11) is 0. The van der Waals surface area contributed by atoms with E-state index in [1.807, 2.05) is 0 Å². The number of nitrogens with zero attached hydrogens (tertiary/aromatic N) is 1. The maximum absolute atomic E-state index is 12.6. The highest BCUT2D eigenvalue weighted by Gasteiger charge is 2.43. The Morgan fingerprint density at radius 2 is 1.65 bits per heavy atom. The van der Waals surface area contributed by atoms with Crippen LogP contribution in [0.15, 0.2) is 48.5 Å². The van der Waals surface area contributed by atoms with Crippen LogP contribution in [0.1, 0.15) is 38.8 Å². The molecular weight excluding hydrogens is 358 g/mol. The largest absolute Gasteiger partial charge is 0.373 e. The molecule has 2 heterocycles. The number of imide groups is 1. The maximum atomic E-state index is 12.6. The fraction of sp³-hybridized carbons (Fsp3) is 0.211. The number of benzene rings is 2. The molecule has 0 bridgehead atoms. The van der Waals surface area contributed by atoms with Gasteiger partial charge in [0.1, 0.15) is 0 Å². The van der Waals surface area contributed by atoms with Crippen molar-refractivity contribution in [2.75, 3.05) is 6.61 Å². The summed E-state index contributed by atoms with van der Waals surface area (Å²) in [5, 5.41) is 1.11. The molecule has 0 radical (unpaired) electrons. The lowest BCUT2D eigenvalue weighted by Gasteiger charge is -2.20. The van der Waals surface area contributed by atoms with Crippen molar-refractivity contribution in [3.05, 3.63) is 70.2 Å². The molecule has 7 heteroatoms. The Labute approximate surface area is 154 Å². The third kappa shape index (κ3) is 2.77. The van der Waals surface area contributed by atoms with Crippen molar-refractivity contribution in [2.45, 2.75) is 12.5 Å². The molecule has 2 aromatic rings. The van der Waals surface area contributed by atoms with Crippen LogP contribution >= 0.6 is 11.6 Å². The highest BCUT2D eigenvalue weighted by atomic mass is 35.5. The number of halogens is 1. The fourth-order valence-electron chi connectivity index (χ4n) is 3.22. The summed E-state index contributed by atoms with van der Waals surface area (Å²) >= 11 is 5.89. The van der Waals surface area contributed by atoms with Crippen LogP contribution < -0.4 is 0 Å². The fourth-order valence-corrected chi connectivity index (χ4v) is 3.35. The number of fused-ring (bicyclic) bond motifs is 1. The van der Waals surface area contributed by atoms with Gasteiger partial charge >= 0.3 is 5.97 Å². The SMILES string of the molecule is O=C(ON1C(=O)c2ccccc2C1=O)[C@@H]1CCO[C@H]1c1ccc(Cl)cc1. The molecule has 0 aliphatic carbocycles. The number of carbonyl (C=O) groups is 3. The number of hydrogen-bond donors (Lipinski definition) is 0. The van der Waals surface area contributed by atoms with Gasteiger partial charge in [0.05, 0.1) is 23.1 Å². The topological polar surface area (TPSA) is 72.9 Å². The molecule has 2 aliphatic rings. The summed E-state index contributed by atoms with van der Waals surface area (Å²) in [6.45, 7) is 0.384. The van der Waals surface area contributed by atoms with Crippen LogP contribution in [-0.4, -0.2) is 29.5 Å². The second-order valence-corrected chi connectivity index (χ2v) is 6.54. The first-order valence-electron chi connectivity index (χ1n) is 8.13. The van der Waals surface area contributed by atoms with Crippen LogP contribution in [0.4, 0.5) is 0 Å². The van der Waals surface area contributed by atoms with Gasteiger partial charge in [0.15, 0.2) is 0 Å². The highest BCUT2D eigenvalue weighted by Crippen LogP contribution is 2.36. The first kappa shape index (κ1) is 16.8. The number of amides is 2. The standard InChI is InChI=1S/C19H14ClNO5/c20-12-7-5-11(6-8-12)16-15(9-10-25-16)19(24)26-21-17(22)13-3-1-2-4-14(13)18(21)23/h1-8,15-16H,9-10H2/t15-,16+/m1/s1. The molecule has 0 spiro atoms. The van der Waals surface area contributed by atoms with Crippen molar-refractivity contribution in [1.82, 2.24) is 5.06 Å². The second kappa shape index (κ2) is 6.55. The van der Waals surface area contributed by atoms with Gasteiger partial charge < -0.3 is 9.57 Å². The Bertz CT molecular complexity index is 860. The maximum Gasteiger partial charge on any atom is 0.339 e. The number of ether oxygens (including phenoxy) is 1. The zero-order valence-electron chi connectivity index (χ0n) is 13.6. The van der Waals surface area contributed by atoms with E-state index in [0.717, 1.165) is 5.56 Å². The van der Waals surface area contributed by atoms with E-state index in [4.69, 9.17) is 21.2 Å². The molecular formula is C19H14ClNO5.